The summed E-state index contributed by atoms with van der Waals surface area (Å²) in [6, 6.07) is 10.9. The zero-order chi connectivity index (χ0) is 21.6. The first-order chi connectivity index (χ1) is 13.4. The number of benzene rings is 2. The SMILES string of the molecule is Cc1c(SC(C)N(C)C)c2ccccc2n1S(=O)(=O)c1cccc(C(F)(F)F)c1. The number of thioether (sulfide) groups is 1. The number of fused-ring (bicyclic) bond motifs is 1. The average molecular weight is 443 g/mol. The van der Waals surface area contributed by atoms with Crippen molar-refractivity contribution in [3.05, 3.63) is 59.8 Å². The lowest BCUT2D eigenvalue weighted by atomic mass is 10.2. The molecule has 0 aliphatic heterocycles. The maximum absolute atomic E-state index is 13.4. The van der Waals surface area contributed by atoms with Gasteiger partial charge in [-0.1, -0.05) is 24.3 Å². The molecule has 9 heteroatoms. The van der Waals surface area contributed by atoms with Crippen LogP contribution in [-0.2, 0) is 16.2 Å². The highest BCUT2D eigenvalue weighted by atomic mass is 32.2. The third-order valence-corrected chi connectivity index (χ3v) is 8.03. The fourth-order valence-electron chi connectivity index (χ4n) is 2.98. The Morgan fingerprint density at radius 3 is 2.34 bits per heavy atom. The van der Waals surface area contributed by atoms with Gasteiger partial charge in [0.2, 0.25) is 0 Å². The van der Waals surface area contributed by atoms with Gasteiger partial charge in [-0.15, -0.1) is 11.8 Å². The molecule has 3 rings (SSSR count). The van der Waals surface area contributed by atoms with Gasteiger partial charge >= 0.3 is 6.18 Å². The van der Waals surface area contributed by atoms with E-state index in [2.05, 4.69) is 0 Å². The van der Waals surface area contributed by atoms with Crippen molar-refractivity contribution in [2.24, 2.45) is 0 Å². The Morgan fingerprint density at radius 2 is 1.72 bits per heavy atom. The van der Waals surface area contributed by atoms with Gasteiger partial charge in [0.25, 0.3) is 10.0 Å². The van der Waals surface area contributed by atoms with Crippen molar-refractivity contribution >= 4 is 32.7 Å². The van der Waals surface area contributed by atoms with Crippen LogP contribution in [0.3, 0.4) is 0 Å². The molecule has 0 saturated heterocycles. The lowest BCUT2D eigenvalue weighted by Gasteiger charge is -2.19. The summed E-state index contributed by atoms with van der Waals surface area (Å²) in [7, 11) is -0.380. The number of hydrogen-bond donors (Lipinski definition) is 0. The molecule has 0 fully saturated rings. The molecule has 2 aromatic carbocycles. The normalized spacial score (nSPS) is 13.9. The minimum Gasteiger partial charge on any atom is -0.298 e. The van der Waals surface area contributed by atoms with E-state index in [1.165, 1.54) is 17.8 Å². The monoisotopic (exact) mass is 442 g/mol. The molecule has 1 aromatic heterocycles. The van der Waals surface area contributed by atoms with E-state index < -0.39 is 26.7 Å². The molecule has 1 unspecified atom stereocenters. The third-order valence-electron chi connectivity index (χ3n) is 4.72. The van der Waals surface area contributed by atoms with Gasteiger partial charge < -0.3 is 0 Å². The van der Waals surface area contributed by atoms with E-state index in [1.807, 2.05) is 38.1 Å². The number of halogens is 3. The van der Waals surface area contributed by atoms with E-state index >= 15 is 0 Å². The maximum atomic E-state index is 13.4. The molecule has 0 N–H and O–H groups in total. The summed E-state index contributed by atoms with van der Waals surface area (Å²) >= 11 is 1.51. The molecule has 29 heavy (non-hydrogen) atoms. The predicted octanol–water partition coefficient (Wildman–Crippen LogP) is 5.21. The molecule has 156 valence electrons. The second-order valence-corrected chi connectivity index (χ2v) is 10.0. The first-order valence-corrected chi connectivity index (χ1v) is 11.1. The van der Waals surface area contributed by atoms with Crippen LogP contribution in [0, 0.1) is 6.92 Å². The first-order valence-electron chi connectivity index (χ1n) is 8.80. The second kappa shape index (κ2) is 7.70. The van der Waals surface area contributed by atoms with Gasteiger partial charge in [-0.25, -0.2) is 12.4 Å². The molecule has 1 atom stereocenters. The molecule has 0 aliphatic rings. The van der Waals surface area contributed by atoms with Gasteiger partial charge in [-0.05, 0) is 52.2 Å². The molecule has 0 bridgehead atoms. The van der Waals surface area contributed by atoms with E-state index in [1.54, 1.807) is 19.1 Å². The Balaban J connectivity index is 2.23. The lowest BCUT2D eigenvalue weighted by molar-refractivity contribution is -0.137. The Bertz CT molecular complexity index is 1150. The summed E-state index contributed by atoms with van der Waals surface area (Å²) in [6.45, 7) is 3.67. The summed E-state index contributed by atoms with van der Waals surface area (Å²) in [5, 5.41) is 0.823. The molecule has 0 saturated carbocycles. The van der Waals surface area contributed by atoms with Crippen molar-refractivity contribution in [2.75, 3.05) is 14.1 Å². The molecule has 1 heterocycles. The van der Waals surface area contributed by atoms with Crippen molar-refractivity contribution in [3.63, 3.8) is 0 Å². The van der Waals surface area contributed by atoms with Crippen LogP contribution < -0.4 is 0 Å². The van der Waals surface area contributed by atoms with E-state index in [-0.39, 0.29) is 5.37 Å². The van der Waals surface area contributed by atoms with Crippen LogP contribution in [0.4, 0.5) is 13.2 Å². The Morgan fingerprint density at radius 1 is 1.07 bits per heavy atom. The summed E-state index contributed by atoms with van der Waals surface area (Å²) < 4.78 is 67.2. The van der Waals surface area contributed by atoms with Crippen LogP contribution in [0.5, 0.6) is 0 Å². The number of alkyl halides is 3. The van der Waals surface area contributed by atoms with Crippen LogP contribution in [0.15, 0.2) is 58.3 Å². The van der Waals surface area contributed by atoms with E-state index in [0.29, 0.717) is 17.3 Å². The molecule has 4 nitrogen and oxygen atoms in total. The predicted molar refractivity (Wildman–Crippen MR) is 110 cm³/mol. The Labute approximate surface area is 172 Å². The summed E-state index contributed by atoms with van der Waals surface area (Å²) in [5.74, 6) is 0. The van der Waals surface area contributed by atoms with E-state index in [9.17, 15) is 21.6 Å². The third kappa shape index (κ3) is 4.04. The molecule has 0 aliphatic carbocycles. The molecular formula is C20H21F3N2O2S2. The number of aromatic nitrogens is 1. The zero-order valence-electron chi connectivity index (χ0n) is 16.4. The molecule has 0 spiro atoms. The van der Waals surface area contributed by atoms with E-state index in [4.69, 9.17) is 0 Å². The highest BCUT2D eigenvalue weighted by Gasteiger charge is 2.33. The summed E-state index contributed by atoms with van der Waals surface area (Å²) in [6.07, 6.45) is -4.62. The minimum absolute atomic E-state index is 0.0733. The zero-order valence-corrected chi connectivity index (χ0v) is 18.0. The quantitative estimate of drug-likeness (QED) is 0.402. The minimum atomic E-state index is -4.62. The van der Waals surface area contributed by atoms with Gasteiger partial charge in [-0.2, -0.15) is 13.2 Å². The molecular weight excluding hydrogens is 421 g/mol. The van der Waals surface area contributed by atoms with Crippen LogP contribution in [0.2, 0.25) is 0 Å². The maximum Gasteiger partial charge on any atom is 0.416 e. The van der Waals surface area contributed by atoms with Crippen LogP contribution in [0.1, 0.15) is 18.2 Å². The number of rotatable bonds is 5. The molecule has 0 amide bonds. The molecule has 0 radical (unpaired) electrons. The number of nitrogens with zero attached hydrogens (tertiary/aromatic N) is 2. The Kier molecular flexibility index (Phi) is 5.77. The highest BCUT2D eigenvalue weighted by Crippen LogP contribution is 2.39. The topological polar surface area (TPSA) is 42.3 Å². The van der Waals surface area contributed by atoms with Gasteiger partial charge in [0.1, 0.15) is 0 Å². The van der Waals surface area contributed by atoms with Crippen LogP contribution in [-0.4, -0.2) is 36.8 Å². The van der Waals surface area contributed by atoms with E-state index in [0.717, 1.165) is 26.4 Å². The van der Waals surface area contributed by atoms with Crippen molar-refractivity contribution in [1.29, 1.82) is 0 Å². The first kappa shape index (κ1) is 21.7. The highest BCUT2D eigenvalue weighted by molar-refractivity contribution is 8.00. The fraction of sp³-hybridized carbons (Fsp3) is 0.300. The van der Waals surface area contributed by atoms with Crippen molar-refractivity contribution in [1.82, 2.24) is 8.87 Å². The summed E-state index contributed by atoms with van der Waals surface area (Å²) in [5.41, 5.74) is -0.0818. The lowest BCUT2D eigenvalue weighted by Crippen LogP contribution is -2.21. The van der Waals surface area contributed by atoms with Crippen molar-refractivity contribution in [2.45, 2.75) is 35.2 Å². The Hall–Kier alpha value is -1.97. The fourth-order valence-corrected chi connectivity index (χ4v) is 5.76. The van der Waals surface area contributed by atoms with Gasteiger partial charge in [-0.3, -0.25) is 4.90 Å². The van der Waals surface area contributed by atoms with Crippen molar-refractivity contribution in [3.8, 4) is 0 Å². The van der Waals surface area contributed by atoms with Crippen molar-refractivity contribution < 1.29 is 21.6 Å². The smallest absolute Gasteiger partial charge is 0.298 e. The summed E-state index contributed by atoms with van der Waals surface area (Å²) in [4.78, 5) is 2.39. The number of hydrogen-bond acceptors (Lipinski definition) is 4. The second-order valence-electron chi connectivity index (χ2n) is 6.91. The average Bonchev–Trinajstić information content (AvgIpc) is 2.93. The standard InChI is InChI=1S/C20H21F3N2O2S2/c1-13-19(28-14(2)24(3)4)17-10-5-6-11-18(17)25(13)29(26,27)16-9-7-8-15(12-16)20(21,22)23/h5-12,14H,1-4H3. The molecule has 3 aromatic rings. The number of para-hydroxylation sites is 1. The van der Waals surface area contributed by atoms with Crippen LogP contribution >= 0.6 is 11.8 Å². The largest absolute Gasteiger partial charge is 0.416 e. The van der Waals surface area contributed by atoms with Gasteiger partial charge in [0, 0.05) is 16.0 Å². The van der Waals surface area contributed by atoms with Gasteiger partial charge in [0.15, 0.2) is 0 Å². The van der Waals surface area contributed by atoms with Crippen LogP contribution in [0.25, 0.3) is 10.9 Å². The van der Waals surface area contributed by atoms with Gasteiger partial charge in [0.05, 0.1) is 21.3 Å².